The molecule has 0 unspecified atom stereocenters. The largest absolute Gasteiger partial charge is 0.468 e. The highest BCUT2D eigenvalue weighted by atomic mass is 16.5. The molecule has 0 aromatic carbocycles. The van der Waals surface area contributed by atoms with Gasteiger partial charge >= 0.3 is 11.9 Å². The van der Waals surface area contributed by atoms with Gasteiger partial charge in [0.2, 0.25) is 0 Å². The summed E-state index contributed by atoms with van der Waals surface area (Å²) in [6, 6.07) is 0. The van der Waals surface area contributed by atoms with Gasteiger partial charge in [0.1, 0.15) is 0 Å². The van der Waals surface area contributed by atoms with E-state index in [0.717, 1.165) is 6.55 Å². The fourth-order valence-corrected chi connectivity index (χ4v) is 1.73. The molecule has 0 rings (SSSR count). The highest BCUT2D eigenvalue weighted by Gasteiger charge is 2.46. The van der Waals surface area contributed by atoms with Crippen LogP contribution in [0.3, 0.4) is 0 Å². The molecule has 0 radical (unpaired) electrons. The van der Waals surface area contributed by atoms with Crippen LogP contribution in [-0.4, -0.2) is 26.2 Å². The minimum atomic E-state index is -1.48. The molecule has 102 valence electrons. The molecule has 0 fully saturated rings. The topological polar surface area (TPSA) is 52.6 Å². The predicted octanol–water partition coefficient (Wildman–Crippen LogP) is 2.64. The molecule has 18 heavy (non-hydrogen) atoms. The zero-order valence-electron chi connectivity index (χ0n) is 13.0. The number of rotatable bonds is 9. The third-order valence-electron chi connectivity index (χ3n) is 2.73. The number of allylic oxidation sites excluding steroid dienone is 2. The van der Waals surface area contributed by atoms with Crippen molar-refractivity contribution in [3.05, 3.63) is 25.3 Å². The number of hydrogen-bond acceptors (Lipinski definition) is 4. The lowest BCUT2D eigenvalue weighted by atomic mass is 9.79. The Hall–Kier alpha value is -1.58. The number of hydrogen-bond donors (Lipinski definition) is 0. The molecular weight excluding hydrogens is 232 g/mol. The van der Waals surface area contributed by atoms with Gasteiger partial charge in [0.05, 0.1) is 15.6 Å². The van der Waals surface area contributed by atoms with Gasteiger partial charge in [0.25, 0.3) is 0 Å². The van der Waals surface area contributed by atoms with E-state index in [1.165, 1.54) is 20.3 Å². The molecule has 0 N–H and O–H groups in total. The third-order valence-corrected chi connectivity index (χ3v) is 2.73. The van der Waals surface area contributed by atoms with Crippen LogP contribution in [0.5, 0.6) is 0 Å². The van der Waals surface area contributed by atoms with Gasteiger partial charge in [-0.2, -0.15) is 0 Å². The first-order valence-corrected chi connectivity index (χ1v) is 5.71. The van der Waals surface area contributed by atoms with Crippen molar-refractivity contribution in [2.45, 2.75) is 32.1 Å². The van der Waals surface area contributed by atoms with E-state index in [4.69, 9.17) is 12.2 Å². The van der Waals surface area contributed by atoms with Crippen molar-refractivity contribution in [2.24, 2.45) is 5.41 Å². The average molecular weight is 256 g/mol. The van der Waals surface area contributed by atoms with E-state index in [1.54, 1.807) is 6.08 Å². The van der Waals surface area contributed by atoms with E-state index in [1.807, 2.05) is 0 Å². The van der Waals surface area contributed by atoms with Crippen LogP contribution in [0.1, 0.15) is 34.8 Å². The Bertz CT molecular complexity index is 350. The molecule has 1 atom stereocenters. The van der Waals surface area contributed by atoms with E-state index in [0.29, 0.717) is 12.8 Å². The quantitative estimate of drug-likeness (QED) is 0.361. The summed E-state index contributed by atoms with van der Waals surface area (Å²) in [6.45, 7) is 4.57. The molecule has 0 aliphatic carbocycles. The molecule has 0 spiro atoms. The SMILES string of the molecule is [2H]C=CCC(CC[C@H]([2H])CC=C)(C(=O)OC)C(=O)OC. The van der Waals surface area contributed by atoms with Crippen LogP contribution in [0.15, 0.2) is 25.3 Å². The Morgan fingerprint density at radius 3 is 2.39 bits per heavy atom. The molecule has 0 amide bonds. The maximum atomic E-state index is 12.0. The first-order chi connectivity index (χ1) is 9.48. The van der Waals surface area contributed by atoms with Gasteiger partial charge in [-0.1, -0.05) is 18.6 Å². The van der Waals surface area contributed by atoms with E-state index in [9.17, 15) is 9.59 Å². The molecule has 4 nitrogen and oxygen atoms in total. The van der Waals surface area contributed by atoms with Crippen molar-refractivity contribution in [2.75, 3.05) is 14.2 Å². The molecule has 0 bridgehead atoms. The van der Waals surface area contributed by atoms with E-state index in [-0.39, 0.29) is 12.8 Å². The molecular formula is C14H22O4. The smallest absolute Gasteiger partial charge is 0.323 e. The molecule has 0 heterocycles. The van der Waals surface area contributed by atoms with Crippen LogP contribution in [0.2, 0.25) is 0 Å². The van der Waals surface area contributed by atoms with Gasteiger partial charge in [-0.25, -0.2) is 0 Å². The van der Waals surface area contributed by atoms with Crippen LogP contribution < -0.4 is 0 Å². The minimum absolute atomic E-state index is 0.0245. The standard InChI is InChI=1S/C14H22O4/c1-5-7-8-9-11-14(10-6-2,12(15)17-3)13(16)18-4/h5-6H,1-2,7-11H2,3-4H3/i2D,8D/t8-/m1/s1. The Morgan fingerprint density at radius 1 is 1.33 bits per heavy atom. The second-order valence-corrected chi connectivity index (χ2v) is 3.86. The fourth-order valence-electron chi connectivity index (χ4n) is 1.73. The lowest BCUT2D eigenvalue weighted by molar-refractivity contribution is -0.169. The molecule has 4 heteroatoms. The fraction of sp³-hybridized carbons (Fsp3) is 0.571. The van der Waals surface area contributed by atoms with Crippen molar-refractivity contribution in [3.8, 4) is 0 Å². The van der Waals surface area contributed by atoms with Crippen LogP contribution in [-0.2, 0) is 19.1 Å². The van der Waals surface area contributed by atoms with Crippen LogP contribution in [0, 0.1) is 5.41 Å². The molecule has 0 aliphatic rings. The summed E-state index contributed by atoms with van der Waals surface area (Å²) in [6.07, 6.45) is 3.56. The average Bonchev–Trinajstić information content (AvgIpc) is 2.46. The van der Waals surface area contributed by atoms with Crippen molar-refractivity contribution in [1.82, 2.24) is 0 Å². The summed E-state index contributed by atoms with van der Waals surface area (Å²) in [5, 5.41) is 0. The van der Waals surface area contributed by atoms with Crippen LogP contribution >= 0.6 is 0 Å². The number of carbonyl (C=O) groups excluding carboxylic acids is 2. The lowest BCUT2D eigenvalue weighted by Gasteiger charge is -2.26. The van der Waals surface area contributed by atoms with E-state index in [2.05, 4.69) is 6.58 Å². The number of ether oxygens (including phenoxy) is 2. The van der Waals surface area contributed by atoms with Gasteiger partial charge < -0.3 is 9.47 Å². The highest BCUT2D eigenvalue weighted by Crippen LogP contribution is 2.33. The summed E-state index contributed by atoms with van der Waals surface area (Å²) in [7, 11) is 2.40. The Morgan fingerprint density at radius 2 is 1.94 bits per heavy atom. The Balaban J connectivity index is 5.21. The summed E-state index contributed by atoms with van der Waals surface area (Å²) >= 11 is 0. The molecule has 0 saturated carbocycles. The summed E-state index contributed by atoms with van der Waals surface area (Å²) < 4.78 is 24.2. The van der Waals surface area contributed by atoms with Gasteiger partial charge in [-0.05, 0) is 25.7 Å². The summed E-state index contributed by atoms with van der Waals surface area (Å²) in [5.74, 6) is -1.40. The minimum Gasteiger partial charge on any atom is -0.468 e. The molecule has 0 saturated heterocycles. The molecule has 0 aromatic heterocycles. The number of methoxy groups -OCH3 is 2. The van der Waals surface area contributed by atoms with Gasteiger partial charge in [-0.15, -0.1) is 13.1 Å². The normalized spacial score (nSPS) is 14.6. The zero-order chi connectivity index (χ0) is 15.6. The molecule has 0 aliphatic heterocycles. The highest BCUT2D eigenvalue weighted by molar-refractivity contribution is 6.00. The maximum absolute atomic E-state index is 12.0. The zero-order valence-corrected chi connectivity index (χ0v) is 11.0. The summed E-state index contributed by atoms with van der Waals surface area (Å²) in [5.41, 5.74) is -1.48. The predicted molar refractivity (Wildman–Crippen MR) is 69.9 cm³/mol. The van der Waals surface area contributed by atoms with Crippen molar-refractivity contribution >= 4 is 11.9 Å². The lowest BCUT2D eigenvalue weighted by Crippen LogP contribution is -2.41. The van der Waals surface area contributed by atoms with Gasteiger partial charge in [0.15, 0.2) is 5.41 Å². The van der Waals surface area contributed by atoms with Crippen LogP contribution in [0.4, 0.5) is 0 Å². The first-order valence-electron chi connectivity index (χ1n) is 6.87. The maximum Gasteiger partial charge on any atom is 0.323 e. The van der Waals surface area contributed by atoms with Crippen molar-refractivity contribution in [3.63, 3.8) is 0 Å². The van der Waals surface area contributed by atoms with Crippen molar-refractivity contribution in [1.29, 1.82) is 0 Å². The molecule has 0 aromatic rings. The van der Waals surface area contributed by atoms with Gasteiger partial charge in [0, 0.05) is 1.37 Å². The number of esters is 2. The Labute approximate surface area is 111 Å². The van der Waals surface area contributed by atoms with Gasteiger partial charge in [-0.3, -0.25) is 9.59 Å². The third kappa shape index (κ3) is 4.02. The second kappa shape index (κ2) is 8.50. The van der Waals surface area contributed by atoms with E-state index < -0.39 is 23.8 Å². The van der Waals surface area contributed by atoms with Crippen molar-refractivity contribution < 1.29 is 21.8 Å². The summed E-state index contributed by atoms with van der Waals surface area (Å²) in [4.78, 5) is 24.0. The van der Waals surface area contributed by atoms with E-state index >= 15 is 0 Å². The second-order valence-electron chi connectivity index (χ2n) is 3.86. The van der Waals surface area contributed by atoms with Crippen LogP contribution in [0.25, 0.3) is 0 Å². The first kappa shape index (κ1) is 12.9. The number of carbonyl (C=O) groups is 2. The Kier molecular flexibility index (Phi) is 6.08. The monoisotopic (exact) mass is 256 g/mol.